The molecule has 0 amide bonds. The smallest absolute Gasteiger partial charge is 0.276 e. The van der Waals surface area contributed by atoms with E-state index in [1.54, 1.807) is 14.2 Å². The summed E-state index contributed by atoms with van der Waals surface area (Å²) < 4.78 is 40.4. The molecule has 0 spiro atoms. The summed E-state index contributed by atoms with van der Waals surface area (Å²) in [6.45, 7) is 2.77. The van der Waals surface area contributed by atoms with Gasteiger partial charge in [-0.3, -0.25) is 0 Å². The normalized spacial score (nSPS) is 17.2. The molecule has 0 atom stereocenters. The molecular weight excluding hydrogens is 340 g/mol. The van der Waals surface area contributed by atoms with Crippen LogP contribution in [0.15, 0.2) is 18.2 Å². The van der Waals surface area contributed by atoms with Crippen LogP contribution in [0.4, 0.5) is 0 Å². The van der Waals surface area contributed by atoms with Crippen LogP contribution in [-0.2, 0) is 15.6 Å². The average molecular weight is 371 g/mol. The van der Waals surface area contributed by atoms with Gasteiger partial charge in [-0.2, -0.15) is 8.42 Å². The first-order valence-corrected chi connectivity index (χ1v) is 10.4. The topological polar surface area (TPSA) is 76.7 Å². The Bertz CT molecular complexity index is 655. The molecule has 0 radical (unpaired) electrons. The van der Waals surface area contributed by atoms with Gasteiger partial charge in [0.15, 0.2) is 11.5 Å². The predicted molar refractivity (Wildman–Crippen MR) is 99.5 cm³/mol. The van der Waals surface area contributed by atoms with Crippen LogP contribution in [0.25, 0.3) is 0 Å². The van der Waals surface area contributed by atoms with Gasteiger partial charge in [0, 0.05) is 18.5 Å². The second kappa shape index (κ2) is 8.87. The van der Waals surface area contributed by atoms with E-state index in [-0.39, 0.29) is 5.41 Å². The highest BCUT2D eigenvalue weighted by Crippen LogP contribution is 2.42. The first-order chi connectivity index (χ1) is 12.0. The van der Waals surface area contributed by atoms with Gasteiger partial charge in [-0.05, 0) is 37.0 Å². The van der Waals surface area contributed by atoms with Gasteiger partial charge in [-0.25, -0.2) is 9.44 Å². The number of nitrogens with one attached hydrogen (secondary N) is 2. The largest absolute Gasteiger partial charge is 0.493 e. The molecule has 1 aromatic carbocycles. The second-order valence-electron chi connectivity index (χ2n) is 6.63. The monoisotopic (exact) mass is 370 g/mol. The zero-order valence-electron chi connectivity index (χ0n) is 15.4. The Labute approximate surface area is 151 Å². The molecule has 7 heteroatoms. The number of ether oxygens (including phenoxy) is 2. The summed E-state index contributed by atoms with van der Waals surface area (Å²) in [6, 6.07) is 5.91. The van der Waals surface area contributed by atoms with Crippen molar-refractivity contribution in [2.45, 2.75) is 50.9 Å². The Morgan fingerprint density at radius 1 is 1.04 bits per heavy atom. The maximum Gasteiger partial charge on any atom is 0.276 e. The van der Waals surface area contributed by atoms with Crippen molar-refractivity contribution in [1.82, 2.24) is 9.44 Å². The first kappa shape index (κ1) is 20.0. The zero-order chi connectivity index (χ0) is 18.3. The Balaban J connectivity index is 2.26. The average Bonchev–Trinajstić information content (AvgIpc) is 2.65. The Hall–Kier alpha value is -1.31. The molecule has 1 aromatic rings. The van der Waals surface area contributed by atoms with Crippen molar-refractivity contribution < 1.29 is 17.9 Å². The summed E-state index contributed by atoms with van der Waals surface area (Å²) in [5, 5.41) is 0. The van der Waals surface area contributed by atoms with Gasteiger partial charge in [-0.15, -0.1) is 0 Å². The fourth-order valence-electron chi connectivity index (χ4n) is 3.48. The number of hydrogen-bond acceptors (Lipinski definition) is 4. The highest BCUT2D eigenvalue weighted by molar-refractivity contribution is 7.87. The van der Waals surface area contributed by atoms with E-state index in [1.807, 2.05) is 25.1 Å². The minimum Gasteiger partial charge on any atom is -0.493 e. The summed E-state index contributed by atoms with van der Waals surface area (Å²) in [7, 11) is -0.244. The SMILES string of the molecule is CCCNS(=O)(=O)NCC1(c2ccc(OC)c(OC)c2)CCCCC1. The van der Waals surface area contributed by atoms with Crippen molar-refractivity contribution in [2.75, 3.05) is 27.3 Å². The fraction of sp³-hybridized carbons (Fsp3) is 0.667. The van der Waals surface area contributed by atoms with Gasteiger partial charge < -0.3 is 9.47 Å². The van der Waals surface area contributed by atoms with Crippen LogP contribution in [-0.4, -0.2) is 35.7 Å². The molecule has 1 aliphatic rings. The standard InChI is InChI=1S/C18H30N2O4S/c1-4-12-19-25(21,22)20-14-18(10-6-5-7-11-18)15-8-9-16(23-2)17(13-15)24-3/h8-9,13,19-20H,4-7,10-12,14H2,1-3H3. The summed E-state index contributed by atoms with van der Waals surface area (Å²) in [5.41, 5.74) is 0.890. The van der Waals surface area contributed by atoms with Crippen molar-refractivity contribution in [3.05, 3.63) is 23.8 Å². The molecular formula is C18H30N2O4S. The number of benzene rings is 1. The van der Waals surface area contributed by atoms with Crippen LogP contribution < -0.4 is 18.9 Å². The molecule has 2 N–H and O–H groups in total. The Kier molecular flexibility index (Phi) is 7.10. The van der Waals surface area contributed by atoms with E-state index in [0.29, 0.717) is 24.6 Å². The van der Waals surface area contributed by atoms with Crippen molar-refractivity contribution in [3.63, 3.8) is 0 Å². The molecule has 0 aromatic heterocycles. The molecule has 1 aliphatic carbocycles. The van der Waals surface area contributed by atoms with Crippen LogP contribution >= 0.6 is 0 Å². The van der Waals surface area contributed by atoms with E-state index >= 15 is 0 Å². The predicted octanol–water partition coefficient (Wildman–Crippen LogP) is 2.74. The summed E-state index contributed by atoms with van der Waals surface area (Å²) >= 11 is 0. The third-order valence-electron chi connectivity index (χ3n) is 4.95. The van der Waals surface area contributed by atoms with Gasteiger partial charge in [0.2, 0.25) is 0 Å². The van der Waals surface area contributed by atoms with Crippen molar-refractivity contribution in [1.29, 1.82) is 0 Å². The Morgan fingerprint density at radius 2 is 1.72 bits per heavy atom. The molecule has 0 aliphatic heterocycles. The molecule has 2 rings (SSSR count). The van der Waals surface area contributed by atoms with Gasteiger partial charge in [0.1, 0.15) is 0 Å². The molecule has 0 unspecified atom stereocenters. The summed E-state index contributed by atoms with van der Waals surface area (Å²) in [5.74, 6) is 1.36. The second-order valence-corrected chi connectivity index (χ2v) is 8.21. The molecule has 25 heavy (non-hydrogen) atoms. The molecule has 0 heterocycles. The summed E-state index contributed by atoms with van der Waals surface area (Å²) in [6.07, 6.45) is 6.06. The van der Waals surface area contributed by atoms with E-state index < -0.39 is 10.2 Å². The third kappa shape index (κ3) is 5.09. The lowest BCUT2D eigenvalue weighted by atomic mass is 9.69. The fourth-order valence-corrected chi connectivity index (χ4v) is 4.52. The maximum absolute atomic E-state index is 12.2. The lowest BCUT2D eigenvalue weighted by molar-refractivity contribution is 0.289. The number of rotatable bonds is 9. The highest BCUT2D eigenvalue weighted by atomic mass is 32.2. The lowest BCUT2D eigenvalue weighted by Gasteiger charge is -2.38. The van der Waals surface area contributed by atoms with Gasteiger partial charge in [0.25, 0.3) is 10.2 Å². The Morgan fingerprint density at radius 3 is 2.32 bits per heavy atom. The van der Waals surface area contributed by atoms with E-state index in [4.69, 9.17) is 9.47 Å². The van der Waals surface area contributed by atoms with Crippen LogP contribution in [0, 0.1) is 0 Å². The lowest BCUT2D eigenvalue weighted by Crippen LogP contribution is -2.46. The van der Waals surface area contributed by atoms with Crippen molar-refractivity contribution >= 4 is 10.2 Å². The molecule has 1 fully saturated rings. The molecule has 0 bridgehead atoms. The number of methoxy groups -OCH3 is 2. The van der Waals surface area contributed by atoms with E-state index in [1.165, 1.54) is 6.42 Å². The van der Waals surface area contributed by atoms with Crippen LogP contribution in [0.2, 0.25) is 0 Å². The van der Waals surface area contributed by atoms with E-state index in [2.05, 4.69) is 9.44 Å². The molecule has 0 saturated heterocycles. The molecule has 142 valence electrons. The van der Waals surface area contributed by atoms with Crippen LogP contribution in [0.5, 0.6) is 11.5 Å². The maximum atomic E-state index is 12.2. The number of hydrogen-bond donors (Lipinski definition) is 2. The molecule has 1 saturated carbocycles. The van der Waals surface area contributed by atoms with Crippen molar-refractivity contribution in [3.8, 4) is 11.5 Å². The summed E-state index contributed by atoms with van der Waals surface area (Å²) in [4.78, 5) is 0. The minimum atomic E-state index is -3.47. The van der Waals surface area contributed by atoms with Gasteiger partial charge in [-0.1, -0.05) is 32.3 Å². The minimum absolute atomic E-state index is 0.210. The molecule has 6 nitrogen and oxygen atoms in total. The van der Waals surface area contributed by atoms with E-state index in [9.17, 15) is 8.42 Å². The van der Waals surface area contributed by atoms with Crippen LogP contribution in [0.3, 0.4) is 0 Å². The highest BCUT2D eigenvalue weighted by Gasteiger charge is 2.35. The quantitative estimate of drug-likeness (QED) is 0.701. The van der Waals surface area contributed by atoms with Gasteiger partial charge >= 0.3 is 0 Å². The van der Waals surface area contributed by atoms with E-state index in [0.717, 1.165) is 37.7 Å². The zero-order valence-corrected chi connectivity index (χ0v) is 16.2. The first-order valence-electron chi connectivity index (χ1n) is 8.93. The van der Waals surface area contributed by atoms with Gasteiger partial charge in [0.05, 0.1) is 14.2 Å². The van der Waals surface area contributed by atoms with Crippen molar-refractivity contribution in [2.24, 2.45) is 0 Å². The third-order valence-corrected chi connectivity index (χ3v) is 6.06. The van der Waals surface area contributed by atoms with Crippen LogP contribution in [0.1, 0.15) is 51.0 Å².